The number of carbonyl (C=O) groups excluding carboxylic acids is 2. The Morgan fingerprint density at radius 2 is 1.50 bits per heavy atom. The van der Waals surface area contributed by atoms with E-state index in [-0.39, 0.29) is 17.7 Å². The normalized spacial score (nSPS) is 21.2. The molecule has 3 heteroatoms. The number of nitrogens with zero attached hydrogens (tertiary/aromatic N) is 1. The molecule has 16 heavy (non-hydrogen) atoms. The number of rotatable bonds is 1. The van der Waals surface area contributed by atoms with E-state index in [4.69, 9.17) is 0 Å². The second kappa shape index (κ2) is 8.31. The fraction of sp³-hybridized carbons (Fsp3) is 0.846. The van der Waals surface area contributed by atoms with Crippen LogP contribution in [0.25, 0.3) is 0 Å². The molecular formula is C13H25NO2. The molecule has 0 aromatic heterocycles. The maximum atomic E-state index is 11.0. The molecule has 0 spiro atoms. The Morgan fingerprint density at radius 3 is 1.75 bits per heavy atom. The largest absolute Gasteiger partial charge is 0.333 e. The van der Waals surface area contributed by atoms with Crippen molar-refractivity contribution >= 4 is 11.7 Å². The molecular weight excluding hydrogens is 202 g/mol. The molecule has 0 bridgehead atoms. The zero-order valence-electron chi connectivity index (χ0n) is 11.1. The van der Waals surface area contributed by atoms with Crippen LogP contribution in [0.2, 0.25) is 0 Å². The zero-order valence-corrected chi connectivity index (χ0v) is 11.1. The summed E-state index contributed by atoms with van der Waals surface area (Å²) in [5, 5.41) is 0. The number of amides is 1. The molecule has 1 saturated heterocycles. The first kappa shape index (κ1) is 15.1. The highest BCUT2D eigenvalue weighted by molar-refractivity contribution is 5.87. The van der Waals surface area contributed by atoms with Gasteiger partial charge in [-0.15, -0.1) is 0 Å². The lowest BCUT2D eigenvalue weighted by Crippen LogP contribution is -2.37. The van der Waals surface area contributed by atoms with Crippen LogP contribution in [0.3, 0.4) is 0 Å². The highest BCUT2D eigenvalue weighted by Crippen LogP contribution is 2.17. The van der Waals surface area contributed by atoms with Gasteiger partial charge < -0.3 is 4.90 Å². The molecule has 1 amide bonds. The van der Waals surface area contributed by atoms with Gasteiger partial charge in [-0.1, -0.05) is 33.1 Å². The molecule has 1 saturated carbocycles. The van der Waals surface area contributed by atoms with E-state index in [0.717, 1.165) is 19.4 Å². The Morgan fingerprint density at radius 1 is 1.00 bits per heavy atom. The molecule has 0 aromatic rings. The van der Waals surface area contributed by atoms with E-state index in [1.807, 2.05) is 13.8 Å². The van der Waals surface area contributed by atoms with Crippen LogP contribution < -0.4 is 0 Å². The maximum Gasteiger partial charge on any atom is 0.220 e. The van der Waals surface area contributed by atoms with Crippen molar-refractivity contribution in [2.75, 3.05) is 6.54 Å². The minimum atomic E-state index is -0.132. The molecule has 2 aliphatic rings. The average Bonchev–Trinajstić information content (AvgIpc) is 3.05. The van der Waals surface area contributed by atoms with Gasteiger partial charge in [-0.3, -0.25) is 9.59 Å². The van der Waals surface area contributed by atoms with E-state index in [0.29, 0.717) is 0 Å². The molecule has 94 valence electrons. The van der Waals surface area contributed by atoms with E-state index >= 15 is 0 Å². The molecule has 0 aromatic carbocycles. The van der Waals surface area contributed by atoms with Crippen LogP contribution in [-0.4, -0.2) is 29.2 Å². The first-order valence-corrected chi connectivity index (χ1v) is 6.40. The SMILES string of the molecule is C1CC1.CC.CC(=O)C1CCCN1C(C)=O. The number of hydrogen-bond donors (Lipinski definition) is 0. The fourth-order valence-corrected chi connectivity index (χ4v) is 1.57. The van der Waals surface area contributed by atoms with Crippen LogP contribution in [0.5, 0.6) is 0 Å². The molecule has 0 N–H and O–H groups in total. The van der Waals surface area contributed by atoms with Gasteiger partial charge in [-0.25, -0.2) is 0 Å². The highest BCUT2D eigenvalue weighted by Gasteiger charge is 2.29. The number of Topliss-reactive ketones (excluding diaryl/α,β-unsaturated/α-hetero) is 1. The Hall–Kier alpha value is -0.860. The molecule has 1 heterocycles. The predicted octanol–water partition coefficient (Wildman–Crippen LogP) is 2.78. The fourth-order valence-electron chi connectivity index (χ4n) is 1.57. The average molecular weight is 227 g/mol. The molecule has 0 radical (unpaired) electrons. The minimum absolute atomic E-state index is 0.0164. The van der Waals surface area contributed by atoms with Gasteiger partial charge in [0, 0.05) is 13.5 Å². The highest BCUT2D eigenvalue weighted by atomic mass is 16.2. The van der Waals surface area contributed by atoms with Crippen molar-refractivity contribution in [2.45, 2.75) is 65.8 Å². The molecule has 2 rings (SSSR count). The molecule has 1 aliphatic heterocycles. The second-order valence-corrected chi connectivity index (χ2v) is 4.04. The smallest absolute Gasteiger partial charge is 0.220 e. The van der Waals surface area contributed by atoms with E-state index in [9.17, 15) is 9.59 Å². The van der Waals surface area contributed by atoms with Gasteiger partial charge >= 0.3 is 0 Å². The van der Waals surface area contributed by atoms with E-state index in [1.165, 1.54) is 26.2 Å². The van der Waals surface area contributed by atoms with Crippen molar-refractivity contribution in [3.63, 3.8) is 0 Å². The Kier molecular flexibility index (Phi) is 7.86. The standard InChI is InChI=1S/C8H13NO2.C3H6.C2H6/c1-6(10)8-4-3-5-9(8)7(2)11;1-2-3-1;1-2/h8H,3-5H2,1-2H3;1-3H2;1-2H3. The van der Waals surface area contributed by atoms with Gasteiger partial charge in [0.05, 0.1) is 6.04 Å². The maximum absolute atomic E-state index is 11.0. The number of ketones is 1. The van der Waals surface area contributed by atoms with E-state index in [2.05, 4.69) is 0 Å². The summed E-state index contributed by atoms with van der Waals surface area (Å²) in [4.78, 5) is 23.6. The van der Waals surface area contributed by atoms with Gasteiger partial charge in [0.1, 0.15) is 0 Å². The third kappa shape index (κ3) is 5.89. The minimum Gasteiger partial charge on any atom is -0.333 e. The summed E-state index contributed by atoms with van der Waals surface area (Å²) in [7, 11) is 0. The van der Waals surface area contributed by atoms with Crippen molar-refractivity contribution in [3.8, 4) is 0 Å². The summed E-state index contributed by atoms with van der Waals surface area (Å²) in [6.07, 6.45) is 6.30. The van der Waals surface area contributed by atoms with Gasteiger partial charge in [0.2, 0.25) is 5.91 Å². The summed E-state index contributed by atoms with van der Waals surface area (Å²) in [6.45, 7) is 7.81. The van der Waals surface area contributed by atoms with Gasteiger partial charge in [-0.05, 0) is 19.8 Å². The Labute approximate surface area is 99.2 Å². The monoisotopic (exact) mass is 227 g/mol. The summed E-state index contributed by atoms with van der Waals surface area (Å²) < 4.78 is 0. The van der Waals surface area contributed by atoms with Gasteiger partial charge in [0.15, 0.2) is 5.78 Å². The lowest BCUT2D eigenvalue weighted by atomic mass is 10.1. The van der Waals surface area contributed by atoms with Crippen LogP contribution in [-0.2, 0) is 9.59 Å². The molecule has 3 nitrogen and oxygen atoms in total. The van der Waals surface area contributed by atoms with Crippen molar-refractivity contribution in [3.05, 3.63) is 0 Å². The summed E-state index contributed by atoms with van der Waals surface area (Å²) in [6, 6.07) is -0.132. The van der Waals surface area contributed by atoms with E-state index < -0.39 is 0 Å². The Bertz CT molecular complexity index is 201. The number of likely N-dealkylation sites (tertiary alicyclic amines) is 1. The summed E-state index contributed by atoms with van der Waals surface area (Å²) >= 11 is 0. The number of carbonyl (C=O) groups is 2. The third-order valence-corrected chi connectivity index (χ3v) is 2.48. The van der Waals surface area contributed by atoms with Crippen LogP contribution in [0.1, 0.15) is 59.8 Å². The predicted molar refractivity (Wildman–Crippen MR) is 66.3 cm³/mol. The van der Waals surface area contributed by atoms with Crippen molar-refractivity contribution < 1.29 is 9.59 Å². The van der Waals surface area contributed by atoms with Crippen molar-refractivity contribution in [1.29, 1.82) is 0 Å². The third-order valence-electron chi connectivity index (χ3n) is 2.48. The van der Waals surface area contributed by atoms with Crippen molar-refractivity contribution in [2.24, 2.45) is 0 Å². The Balaban J connectivity index is 0.000000375. The number of hydrogen-bond acceptors (Lipinski definition) is 2. The lowest BCUT2D eigenvalue weighted by molar-refractivity contribution is -0.135. The topological polar surface area (TPSA) is 37.4 Å². The van der Waals surface area contributed by atoms with Crippen LogP contribution in [0.15, 0.2) is 0 Å². The molecule has 2 fully saturated rings. The van der Waals surface area contributed by atoms with E-state index in [1.54, 1.807) is 11.8 Å². The molecule has 1 aliphatic carbocycles. The second-order valence-electron chi connectivity index (χ2n) is 4.04. The summed E-state index contributed by atoms with van der Waals surface area (Å²) in [5.41, 5.74) is 0. The summed E-state index contributed by atoms with van der Waals surface area (Å²) in [5.74, 6) is 0.125. The van der Waals surface area contributed by atoms with Crippen LogP contribution in [0, 0.1) is 0 Å². The molecule has 1 unspecified atom stereocenters. The van der Waals surface area contributed by atoms with Gasteiger partial charge in [-0.2, -0.15) is 0 Å². The van der Waals surface area contributed by atoms with Crippen molar-refractivity contribution in [1.82, 2.24) is 4.90 Å². The first-order chi connectivity index (χ1) is 7.63. The zero-order chi connectivity index (χ0) is 12.6. The van der Waals surface area contributed by atoms with Crippen LogP contribution in [0.4, 0.5) is 0 Å². The molecule has 1 atom stereocenters. The lowest BCUT2D eigenvalue weighted by Gasteiger charge is -2.20. The quantitative estimate of drug-likeness (QED) is 0.690. The first-order valence-electron chi connectivity index (χ1n) is 6.40. The van der Waals surface area contributed by atoms with Crippen LogP contribution >= 0.6 is 0 Å². The van der Waals surface area contributed by atoms with Gasteiger partial charge in [0.25, 0.3) is 0 Å².